The van der Waals surface area contributed by atoms with E-state index in [9.17, 15) is 18.5 Å². The first-order valence-electron chi connectivity index (χ1n) is 3.95. The Hall–Kier alpha value is -1.47. The van der Waals surface area contributed by atoms with Crippen LogP contribution in [-0.2, 0) is 10.0 Å². The van der Waals surface area contributed by atoms with Gasteiger partial charge in [-0.05, 0) is 7.05 Å². The van der Waals surface area contributed by atoms with E-state index in [1.54, 1.807) is 18.2 Å². The summed E-state index contributed by atoms with van der Waals surface area (Å²) in [5, 5.41) is 10.0. The summed E-state index contributed by atoms with van der Waals surface area (Å²) in [6.45, 7) is 0. The lowest BCUT2D eigenvalue weighted by Crippen LogP contribution is -2.15. The molecule has 0 bridgehead atoms. The average Bonchev–Trinajstić information content (AvgIpc) is 2.19. The molecule has 0 radical (unpaired) electrons. The van der Waals surface area contributed by atoms with Crippen LogP contribution in [0.15, 0.2) is 30.3 Å². The molecule has 0 atom stereocenters. The molecular formula is C8H12N2O4S. The number of sulfonamides is 1. The van der Waals surface area contributed by atoms with Crippen molar-refractivity contribution < 1.29 is 13.3 Å². The number of para-hydroxylation sites is 1. The van der Waals surface area contributed by atoms with Crippen molar-refractivity contribution in [3.05, 3.63) is 40.4 Å². The maximum Gasteiger partial charge on any atom is 0.269 e. The topological polar surface area (TPSA) is 89.3 Å². The minimum Gasteiger partial charge on any atom is -0.258 e. The summed E-state index contributed by atoms with van der Waals surface area (Å²) in [5.41, 5.74) is 0.137. The number of nitro benzene ring substituents is 1. The number of hydrogen-bond donors (Lipinski definition) is 1. The molecule has 0 fully saturated rings. The van der Waals surface area contributed by atoms with Gasteiger partial charge < -0.3 is 0 Å². The van der Waals surface area contributed by atoms with Crippen LogP contribution in [0.3, 0.4) is 0 Å². The third kappa shape index (κ3) is 7.59. The van der Waals surface area contributed by atoms with Gasteiger partial charge in [0.1, 0.15) is 0 Å². The van der Waals surface area contributed by atoms with Gasteiger partial charge >= 0.3 is 0 Å². The molecule has 6 nitrogen and oxygen atoms in total. The highest BCUT2D eigenvalue weighted by Gasteiger charge is 1.98. The zero-order chi connectivity index (χ0) is 11.9. The lowest BCUT2D eigenvalue weighted by Gasteiger charge is -1.85. The van der Waals surface area contributed by atoms with Crippen LogP contribution >= 0.6 is 0 Å². The molecule has 15 heavy (non-hydrogen) atoms. The fraction of sp³-hybridized carbons (Fsp3) is 0.250. The molecule has 0 unspecified atom stereocenters. The monoisotopic (exact) mass is 232 g/mol. The lowest BCUT2D eigenvalue weighted by atomic mass is 10.3. The number of non-ortho nitro benzene ring substituents is 1. The molecule has 0 heterocycles. The minimum atomic E-state index is -2.91. The minimum absolute atomic E-state index is 0.137. The lowest BCUT2D eigenvalue weighted by molar-refractivity contribution is -0.384. The van der Waals surface area contributed by atoms with E-state index in [2.05, 4.69) is 4.72 Å². The number of benzene rings is 1. The zero-order valence-corrected chi connectivity index (χ0v) is 9.19. The van der Waals surface area contributed by atoms with Crippen LogP contribution in [0, 0.1) is 10.1 Å². The summed E-state index contributed by atoms with van der Waals surface area (Å²) in [6, 6.07) is 7.93. The molecule has 0 aliphatic rings. The number of nitrogens with zero attached hydrogens (tertiary/aromatic N) is 1. The summed E-state index contributed by atoms with van der Waals surface area (Å²) in [5.74, 6) is 0. The second-order valence-corrected chi connectivity index (χ2v) is 4.52. The summed E-state index contributed by atoms with van der Waals surface area (Å²) in [7, 11) is -1.54. The Kier molecular flexibility index (Phi) is 5.50. The second kappa shape index (κ2) is 6.10. The van der Waals surface area contributed by atoms with E-state index in [0.29, 0.717) is 0 Å². The van der Waals surface area contributed by atoms with Crippen molar-refractivity contribution >= 4 is 15.7 Å². The van der Waals surface area contributed by atoms with E-state index in [4.69, 9.17) is 0 Å². The molecule has 0 aliphatic heterocycles. The first kappa shape index (κ1) is 13.5. The molecule has 1 aromatic rings. The molecule has 0 aromatic heterocycles. The summed E-state index contributed by atoms with van der Waals surface area (Å²) in [4.78, 5) is 9.59. The van der Waals surface area contributed by atoms with Gasteiger partial charge in [0.2, 0.25) is 10.0 Å². The van der Waals surface area contributed by atoms with Gasteiger partial charge in [-0.15, -0.1) is 0 Å². The molecule has 1 N–H and O–H groups in total. The van der Waals surface area contributed by atoms with Crippen LogP contribution in [0.2, 0.25) is 0 Å². The Morgan fingerprint density at radius 1 is 1.27 bits per heavy atom. The molecule has 1 aromatic carbocycles. The molecule has 0 spiro atoms. The van der Waals surface area contributed by atoms with Crippen molar-refractivity contribution in [3.8, 4) is 0 Å². The molecule has 1 rings (SSSR count). The van der Waals surface area contributed by atoms with E-state index in [0.717, 1.165) is 6.26 Å². The predicted octanol–water partition coefficient (Wildman–Crippen LogP) is 0.760. The van der Waals surface area contributed by atoms with Crippen LogP contribution in [0.4, 0.5) is 5.69 Å². The Balaban J connectivity index is 0.000000288. The van der Waals surface area contributed by atoms with Gasteiger partial charge in [-0.1, -0.05) is 18.2 Å². The number of nitrogens with one attached hydrogen (secondary N) is 1. The van der Waals surface area contributed by atoms with E-state index in [-0.39, 0.29) is 5.69 Å². The van der Waals surface area contributed by atoms with Gasteiger partial charge in [-0.25, -0.2) is 13.1 Å². The number of hydrogen-bond acceptors (Lipinski definition) is 4. The smallest absolute Gasteiger partial charge is 0.258 e. The number of rotatable bonds is 2. The maximum atomic E-state index is 10.0. The van der Waals surface area contributed by atoms with Gasteiger partial charge in [0, 0.05) is 12.1 Å². The van der Waals surface area contributed by atoms with Crippen molar-refractivity contribution in [1.29, 1.82) is 0 Å². The largest absolute Gasteiger partial charge is 0.269 e. The van der Waals surface area contributed by atoms with Crippen LogP contribution in [0.5, 0.6) is 0 Å². The average molecular weight is 232 g/mol. The molecule has 0 amide bonds. The predicted molar refractivity (Wildman–Crippen MR) is 57.0 cm³/mol. The first-order chi connectivity index (χ1) is 6.87. The Labute approximate surface area is 88.1 Å². The SMILES string of the molecule is CNS(C)(=O)=O.O=[N+]([O-])c1ccccc1. The highest BCUT2D eigenvalue weighted by molar-refractivity contribution is 7.88. The molecular weight excluding hydrogens is 220 g/mol. The van der Waals surface area contributed by atoms with Crippen molar-refractivity contribution in [2.45, 2.75) is 0 Å². The zero-order valence-electron chi connectivity index (χ0n) is 8.38. The normalized spacial score (nSPS) is 10.0. The van der Waals surface area contributed by atoms with Gasteiger partial charge in [0.05, 0.1) is 11.2 Å². The quantitative estimate of drug-likeness (QED) is 0.602. The van der Waals surface area contributed by atoms with Gasteiger partial charge in [-0.2, -0.15) is 0 Å². The van der Waals surface area contributed by atoms with Crippen molar-refractivity contribution in [2.75, 3.05) is 13.3 Å². The summed E-state index contributed by atoms with van der Waals surface area (Å²) >= 11 is 0. The maximum absolute atomic E-state index is 10.0. The fourth-order valence-corrected chi connectivity index (χ4v) is 0.550. The summed E-state index contributed by atoms with van der Waals surface area (Å²) in [6.07, 6.45) is 1.10. The molecule has 7 heteroatoms. The van der Waals surface area contributed by atoms with E-state index in [1.807, 2.05) is 0 Å². The standard InChI is InChI=1S/C6H5NO2.C2H7NO2S/c8-7(9)6-4-2-1-3-5-6;1-3-6(2,4)5/h1-5H;3H,1-2H3. The first-order valence-corrected chi connectivity index (χ1v) is 5.84. The van der Waals surface area contributed by atoms with Crippen molar-refractivity contribution in [2.24, 2.45) is 0 Å². The van der Waals surface area contributed by atoms with Crippen molar-refractivity contribution in [1.82, 2.24) is 4.72 Å². The van der Waals surface area contributed by atoms with Gasteiger partial charge in [0.25, 0.3) is 5.69 Å². The van der Waals surface area contributed by atoms with Crippen LogP contribution in [0.25, 0.3) is 0 Å². The highest BCUT2D eigenvalue weighted by Crippen LogP contribution is 2.06. The highest BCUT2D eigenvalue weighted by atomic mass is 32.2. The third-order valence-electron chi connectivity index (χ3n) is 1.34. The van der Waals surface area contributed by atoms with Crippen LogP contribution in [-0.4, -0.2) is 26.6 Å². The Morgan fingerprint density at radius 2 is 1.67 bits per heavy atom. The van der Waals surface area contributed by atoms with Gasteiger partial charge in [-0.3, -0.25) is 10.1 Å². The van der Waals surface area contributed by atoms with E-state index in [1.165, 1.54) is 19.2 Å². The molecule has 84 valence electrons. The number of nitro groups is 1. The second-order valence-electron chi connectivity index (χ2n) is 2.57. The van der Waals surface area contributed by atoms with Crippen molar-refractivity contribution in [3.63, 3.8) is 0 Å². The van der Waals surface area contributed by atoms with Crippen LogP contribution in [0.1, 0.15) is 0 Å². The fourth-order valence-electron chi connectivity index (χ4n) is 0.550. The van der Waals surface area contributed by atoms with E-state index < -0.39 is 14.9 Å². The van der Waals surface area contributed by atoms with E-state index >= 15 is 0 Å². The molecule has 0 aliphatic carbocycles. The summed E-state index contributed by atoms with van der Waals surface area (Å²) < 4.78 is 21.9. The van der Waals surface area contributed by atoms with Crippen LogP contribution < -0.4 is 4.72 Å². The van der Waals surface area contributed by atoms with Gasteiger partial charge in [0.15, 0.2) is 0 Å². The molecule has 0 saturated heterocycles. The Bertz CT molecular complexity index is 402. The molecule has 0 saturated carbocycles. The third-order valence-corrected chi connectivity index (χ3v) is 2.08. The Morgan fingerprint density at radius 3 is 1.87 bits per heavy atom.